The third-order valence-electron chi connectivity index (χ3n) is 3.62. The lowest BCUT2D eigenvalue weighted by Crippen LogP contribution is -2.20. The molecule has 0 unspecified atom stereocenters. The number of carbonyl (C=O) groups excluding carboxylic acids is 2. The second-order valence-electron chi connectivity index (χ2n) is 5.69. The lowest BCUT2D eigenvalue weighted by Gasteiger charge is -2.06. The number of nitrogens with one attached hydrogen (secondary N) is 2. The summed E-state index contributed by atoms with van der Waals surface area (Å²) in [6.45, 7) is 0. The number of rotatable bonds is 8. The van der Waals surface area contributed by atoms with E-state index in [2.05, 4.69) is 31.8 Å². The normalized spacial score (nSPS) is 10.6. The summed E-state index contributed by atoms with van der Waals surface area (Å²) in [5, 5.41) is 27.2. The average Bonchev–Trinajstić information content (AvgIpc) is 2.69. The Morgan fingerprint density at radius 1 is 1.24 bits per heavy atom. The molecule has 2 amide bonds. The molecule has 0 radical (unpaired) electrons. The highest BCUT2D eigenvalue weighted by molar-refractivity contribution is 9.10. The van der Waals surface area contributed by atoms with Gasteiger partial charge in [0.15, 0.2) is 11.5 Å². The second-order valence-corrected chi connectivity index (χ2v) is 6.61. The number of methoxy groups -OCH3 is 1. The first-order valence-corrected chi connectivity index (χ1v) is 9.02. The van der Waals surface area contributed by atoms with Crippen molar-refractivity contribution in [2.45, 2.75) is 12.8 Å². The summed E-state index contributed by atoms with van der Waals surface area (Å²) in [6.07, 6.45) is 0.863. The number of halogens is 1. The number of non-ortho nitro benzene ring substituents is 1. The summed E-state index contributed by atoms with van der Waals surface area (Å²) in [7, 11) is 1.25. The van der Waals surface area contributed by atoms with E-state index in [1.165, 1.54) is 7.11 Å². The van der Waals surface area contributed by atoms with Gasteiger partial charge in [0, 0.05) is 34.6 Å². The summed E-state index contributed by atoms with van der Waals surface area (Å²) in [5.74, 6) is -1.34. The van der Waals surface area contributed by atoms with Gasteiger partial charge in [0.2, 0.25) is 11.8 Å². The first kappa shape index (κ1) is 21.8. The van der Waals surface area contributed by atoms with E-state index in [-0.39, 0.29) is 41.5 Å². The Morgan fingerprint density at radius 2 is 1.90 bits per heavy atom. The lowest BCUT2D eigenvalue weighted by atomic mass is 10.2. The molecule has 0 saturated carbocycles. The predicted molar refractivity (Wildman–Crippen MR) is 109 cm³/mol. The Morgan fingerprint density at radius 3 is 2.52 bits per heavy atom. The van der Waals surface area contributed by atoms with Crippen molar-refractivity contribution in [1.29, 1.82) is 0 Å². The molecule has 29 heavy (non-hydrogen) atoms. The number of hydrazone groups is 1. The van der Waals surface area contributed by atoms with Crippen molar-refractivity contribution in [3.05, 3.63) is 56.5 Å². The third kappa shape index (κ3) is 6.57. The highest BCUT2D eigenvalue weighted by Gasteiger charge is 2.16. The predicted octanol–water partition coefficient (Wildman–Crippen LogP) is 2.94. The van der Waals surface area contributed by atoms with Gasteiger partial charge in [0.05, 0.1) is 24.3 Å². The highest BCUT2D eigenvalue weighted by atomic mass is 79.9. The van der Waals surface area contributed by atoms with E-state index in [4.69, 9.17) is 4.74 Å². The number of nitro groups is 1. The highest BCUT2D eigenvalue weighted by Crippen LogP contribution is 2.33. The Bertz CT molecular complexity index is 946. The Balaban J connectivity index is 1.89. The second kappa shape index (κ2) is 10.2. The smallest absolute Gasteiger partial charge is 0.274 e. The topological polar surface area (TPSA) is 143 Å². The molecule has 0 spiro atoms. The first-order valence-electron chi connectivity index (χ1n) is 8.23. The van der Waals surface area contributed by atoms with E-state index in [1.807, 2.05) is 0 Å². The Hall–Kier alpha value is -3.47. The van der Waals surface area contributed by atoms with Crippen molar-refractivity contribution in [3.63, 3.8) is 0 Å². The molecule has 0 aromatic heterocycles. The zero-order chi connectivity index (χ0) is 21.4. The van der Waals surface area contributed by atoms with Gasteiger partial charge in [-0.15, -0.1) is 0 Å². The SMILES string of the molecule is COc1cc([N+](=O)[O-])cc(/C=N/NC(=O)CCC(=O)Nc2ccc(Br)cc2)c1O. The maximum absolute atomic E-state index is 11.9. The maximum atomic E-state index is 11.9. The fourth-order valence-electron chi connectivity index (χ4n) is 2.19. The van der Waals surface area contributed by atoms with E-state index in [9.17, 15) is 24.8 Å². The number of phenolic OH excluding ortho intramolecular Hbond substituents is 1. The van der Waals surface area contributed by atoms with Crippen LogP contribution in [0.25, 0.3) is 0 Å². The molecular formula is C18H17BrN4O6. The summed E-state index contributed by atoms with van der Waals surface area (Å²) >= 11 is 3.29. The van der Waals surface area contributed by atoms with Crippen LogP contribution in [0.2, 0.25) is 0 Å². The van der Waals surface area contributed by atoms with Gasteiger partial charge in [-0.1, -0.05) is 15.9 Å². The number of hydrogen-bond acceptors (Lipinski definition) is 7. The summed E-state index contributed by atoms with van der Waals surface area (Å²) in [4.78, 5) is 33.9. The third-order valence-corrected chi connectivity index (χ3v) is 4.15. The Labute approximate surface area is 173 Å². The van der Waals surface area contributed by atoms with E-state index >= 15 is 0 Å². The first-order chi connectivity index (χ1) is 13.8. The molecule has 3 N–H and O–H groups in total. The van der Waals surface area contributed by atoms with Gasteiger partial charge in [-0.3, -0.25) is 19.7 Å². The van der Waals surface area contributed by atoms with Gasteiger partial charge in [0.1, 0.15) is 0 Å². The largest absolute Gasteiger partial charge is 0.504 e. The number of carbonyl (C=O) groups is 2. The molecule has 0 aliphatic heterocycles. The van der Waals surface area contributed by atoms with Gasteiger partial charge in [-0.2, -0.15) is 5.10 Å². The number of phenols is 1. The molecule has 2 aromatic rings. The minimum absolute atomic E-state index is 0.00988. The van der Waals surface area contributed by atoms with Crippen molar-refractivity contribution < 1.29 is 24.4 Å². The number of anilines is 1. The number of nitro benzene ring substituents is 1. The molecule has 2 aromatic carbocycles. The lowest BCUT2D eigenvalue weighted by molar-refractivity contribution is -0.385. The van der Waals surface area contributed by atoms with Gasteiger partial charge >= 0.3 is 0 Å². The number of hydrogen-bond donors (Lipinski definition) is 3. The molecule has 0 bridgehead atoms. The zero-order valence-electron chi connectivity index (χ0n) is 15.2. The van der Waals surface area contributed by atoms with E-state index in [0.29, 0.717) is 5.69 Å². The fourth-order valence-corrected chi connectivity index (χ4v) is 2.45. The van der Waals surface area contributed by atoms with Crippen molar-refractivity contribution in [1.82, 2.24) is 5.43 Å². The molecular weight excluding hydrogens is 448 g/mol. The van der Waals surface area contributed by atoms with Gasteiger partial charge in [-0.25, -0.2) is 5.43 Å². The van der Waals surface area contributed by atoms with Crippen LogP contribution >= 0.6 is 15.9 Å². The monoisotopic (exact) mass is 464 g/mol. The van der Waals surface area contributed by atoms with Crippen LogP contribution in [0.3, 0.4) is 0 Å². The van der Waals surface area contributed by atoms with Crippen molar-refractivity contribution >= 4 is 45.3 Å². The van der Waals surface area contributed by atoms with E-state index in [0.717, 1.165) is 22.8 Å². The van der Waals surface area contributed by atoms with Crippen molar-refractivity contribution in [3.8, 4) is 11.5 Å². The minimum Gasteiger partial charge on any atom is -0.504 e. The van der Waals surface area contributed by atoms with Crippen LogP contribution in [-0.4, -0.2) is 35.2 Å². The van der Waals surface area contributed by atoms with Gasteiger partial charge in [0.25, 0.3) is 5.69 Å². The maximum Gasteiger partial charge on any atom is 0.274 e. The average molecular weight is 465 g/mol. The zero-order valence-corrected chi connectivity index (χ0v) is 16.8. The van der Waals surface area contributed by atoms with E-state index < -0.39 is 10.8 Å². The number of ether oxygens (including phenoxy) is 1. The van der Waals surface area contributed by atoms with Crippen LogP contribution in [0.15, 0.2) is 46.0 Å². The van der Waals surface area contributed by atoms with Gasteiger partial charge in [-0.05, 0) is 24.3 Å². The van der Waals surface area contributed by atoms with Crippen LogP contribution in [0, 0.1) is 10.1 Å². The number of amides is 2. The standard InChI is InChI=1S/C18H17BrN4O6/c1-29-15-9-14(23(27)28)8-11(18(15)26)10-20-22-17(25)7-6-16(24)21-13-4-2-12(19)3-5-13/h2-5,8-10,26H,6-7H2,1H3,(H,21,24)(H,22,25)/b20-10+. The van der Waals surface area contributed by atoms with Crippen molar-refractivity contribution in [2.24, 2.45) is 5.10 Å². The van der Waals surface area contributed by atoms with Crippen molar-refractivity contribution in [2.75, 3.05) is 12.4 Å². The minimum atomic E-state index is -0.651. The molecule has 2 rings (SSSR count). The fraction of sp³-hybridized carbons (Fsp3) is 0.167. The molecule has 0 aliphatic rings. The molecule has 152 valence electrons. The summed E-state index contributed by atoms with van der Waals surface area (Å²) < 4.78 is 5.75. The number of aromatic hydroxyl groups is 1. The Kier molecular flexibility index (Phi) is 7.66. The van der Waals surface area contributed by atoms with Crippen LogP contribution < -0.4 is 15.5 Å². The number of nitrogens with zero attached hydrogens (tertiary/aromatic N) is 2. The van der Waals surface area contributed by atoms with Crippen LogP contribution in [0.5, 0.6) is 11.5 Å². The van der Waals surface area contributed by atoms with Crippen LogP contribution in [0.1, 0.15) is 18.4 Å². The molecule has 10 nitrogen and oxygen atoms in total. The molecule has 0 atom stereocenters. The summed E-state index contributed by atoms with van der Waals surface area (Å²) in [5.41, 5.74) is 2.48. The molecule has 0 heterocycles. The molecule has 0 aliphatic carbocycles. The number of benzene rings is 2. The van der Waals surface area contributed by atoms with Crippen LogP contribution in [0.4, 0.5) is 11.4 Å². The molecule has 11 heteroatoms. The summed E-state index contributed by atoms with van der Waals surface area (Å²) in [6, 6.07) is 9.12. The van der Waals surface area contributed by atoms with E-state index in [1.54, 1.807) is 24.3 Å². The molecule has 0 fully saturated rings. The quantitative estimate of drug-likeness (QED) is 0.311. The van der Waals surface area contributed by atoms with Gasteiger partial charge < -0.3 is 15.2 Å². The molecule has 0 saturated heterocycles. The van der Waals surface area contributed by atoms with Crippen LogP contribution in [-0.2, 0) is 9.59 Å².